The summed E-state index contributed by atoms with van der Waals surface area (Å²) in [6, 6.07) is -0.515. The first-order valence-electron chi connectivity index (χ1n) is 10.5. The molecule has 1 aliphatic heterocycles. The summed E-state index contributed by atoms with van der Waals surface area (Å²) in [7, 11) is 0. The molecule has 3 fully saturated rings. The molecule has 30 heavy (non-hydrogen) atoms. The van der Waals surface area contributed by atoms with Crippen molar-refractivity contribution in [2.24, 2.45) is 23.2 Å². The number of hydrogen-bond acceptors (Lipinski definition) is 4. The van der Waals surface area contributed by atoms with Crippen molar-refractivity contribution in [1.29, 1.82) is 0 Å². The van der Waals surface area contributed by atoms with Gasteiger partial charge in [-0.05, 0) is 61.7 Å². The second kappa shape index (κ2) is 8.02. The van der Waals surface area contributed by atoms with Crippen LogP contribution in [0.3, 0.4) is 0 Å². The van der Waals surface area contributed by atoms with E-state index < -0.39 is 35.1 Å². The maximum Gasteiger partial charge on any atom is 0.417 e. The van der Waals surface area contributed by atoms with Crippen molar-refractivity contribution in [3.05, 3.63) is 23.8 Å². The third-order valence-corrected chi connectivity index (χ3v) is 7.76. The van der Waals surface area contributed by atoms with Crippen LogP contribution >= 0.6 is 0 Å². The fraction of sp³-hybridized carbons (Fsp3) is 0.727. The van der Waals surface area contributed by atoms with E-state index in [-0.39, 0.29) is 31.3 Å². The number of allylic oxidation sites excluding steroid dienone is 2. The van der Waals surface area contributed by atoms with Gasteiger partial charge < -0.3 is 15.2 Å². The molecule has 2 N–H and O–H groups in total. The van der Waals surface area contributed by atoms with Crippen molar-refractivity contribution in [3.8, 4) is 0 Å². The number of cyclic esters (lactones) is 1. The summed E-state index contributed by atoms with van der Waals surface area (Å²) in [5, 5.41) is 13.2. The second-order valence-corrected chi connectivity index (χ2v) is 9.41. The van der Waals surface area contributed by atoms with Crippen molar-refractivity contribution in [1.82, 2.24) is 5.32 Å². The Balaban J connectivity index is 1.90. The van der Waals surface area contributed by atoms with Gasteiger partial charge in [-0.3, -0.25) is 4.79 Å². The van der Waals surface area contributed by atoms with Crippen LogP contribution in [0.4, 0.5) is 13.2 Å². The number of fused-ring (bicyclic) bond motifs is 2. The molecule has 0 aromatic rings. The minimum atomic E-state index is -4.68. The number of nitrogens with one attached hydrogen (secondary N) is 1. The number of alkyl halides is 3. The second-order valence-electron chi connectivity index (χ2n) is 9.41. The zero-order chi connectivity index (χ0) is 22.3. The molecule has 2 saturated carbocycles. The molecule has 1 heterocycles. The number of amides is 1. The Labute approximate surface area is 174 Å². The minimum Gasteiger partial charge on any atom is -0.460 e. The lowest BCUT2D eigenvalue weighted by molar-refractivity contribution is -0.284. The predicted molar refractivity (Wildman–Crippen MR) is 104 cm³/mol. The van der Waals surface area contributed by atoms with Gasteiger partial charge in [0.1, 0.15) is 6.61 Å². The van der Waals surface area contributed by atoms with E-state index in [9.17, 15) is 27.9 Å². The number of aliphatic hydroxyl groups is 1. The molecular formula is C22H30F3NO4. The average molecular weight is 429 g/mol. The third-order valence-electron chi connectivity index (χ3n) is 7.76. The van der Waals surface area contributed by atoms with Crippen molar-refractivity contribution in [3.63, 3.8) is 0 Å². The lowest BCUT2D eigenvalue weighted by Crippen LogP contribution is -2.51. The molecule has 0 radical (unpaired) electrons. The van der Waals surface area contributed by atoms with Crippen LogP contribution in [0.25, 0.3) is 0 Å². The number of esters is 1. The van der Waals surface area contributed by atoms with E-state index in [1.165, 1.54) is 6.92 Å². The van der Waals surface area contributed by atoms with Crippen LogP contribution in [-0.2, 0) is 14.3 Å². The standard InChI is InChI=1S/C22H30F3NO4/c1-13-4-5-15-10-20(3,8-9-21(29,14(15)2)22(23,24)25)17(13)7-6-16-18(26-12-27)11-30-19(16)28/h6,12,14-15,17-18,29H,1,4-5,7-11H2,2-3H3,(H,26,27)/b16-6+/t14-,15-,17-,18?,20-,21-/m1/s1. The highest BCUT2D eigenvalue weighted by atomic mass is 19.4. The molecule has 0 aromatic carbocycles. The van der Waals surface area contributed by atoms with Crippen LogP contribution in [0.5, 0.6) is 0 Å². The summed E-state index contributed by atoms with van der Waals surface area (Å²) < 4.78 is 46.3. The first-order chi connectivity index (χ1) is 13.9. The van der Waals surface area contributed by atoms with Gasteiger partial charge in [0.25, 0.3) is 0 Å². The summed E-state index contributed by atoms with van der Waals surface area (Å²) in [4.78, 5) is 22.8. The average Bonchev–Trinajstić information content (AvgIpc) is 2.89. The van der Waals surface area contributed by atoms with Gasteiger partial charge >= 0.3 is 12.1 Å². The predicted octanol–water partition coefficient (Wildman–Crippen LogP) is 3.68. The van der Waals surface area contributed by atoms with Gasteiger partial charge in [0.2, 0.25) is 6.41 Å². The van der Waals surface area contributed by atoms with E-state index in [2.05, 4.69) is 11.9 Å². The Morgan fingerprint density at radius 2 is 2.07 bits per heavy atom. The van der Waals surface area contributed by atoms with Crippen molar-refractivity contribution in [2.45, 2.75) is 70.2 Å². The van der Waals surface area contributed by atoms with E-state index in [4.69, 9.17) is 4.74 Å². The zero-order valence-electron chi connectivity index (χ0n) is 17.4. The molecule has 2 bridgehead atoms. The number of halogens is 3. The van der Waals surface area contributed by atoms with Gasteiger partial charge in [-0.15, -0.1) is 0 Å². The Morgan fingerprint density at radius 3 is 2.70 bits per heavy atom. The maximum atomic E-state index is 13.8. The summed E-state index contributed by atoms with van der Waals surface area (Å²) in [6.07, 6.45) is -0.401. The third kappa shape index (κ3) is 3.90. The molecule has 168 valence electrons. The quantitative estimate of drug-likeness (QED) is 0.309. The van der Waals surface area contributed by atoms with Gasteiger partial charge in [-0.2, -0.15) is 13.2 Å². The first-order valence-corrected chi connectivity index (χ1v) is 10.5. The molecule has 3 rings (SSSR count). The summed E-state index contributed by atoms with van der Waals surface area (Å²) in [5.41, 5.74) is -1.83. The van der Waals surface area contributed by atoms with E-state index in [0.717, 1.165) is 5.57 Å². The molecule has 1 saturated heterocycles. The first kappa shape index (κ1) is 22.8. The molecule has 0 spiro atoms. The van der Waals surface area contributed by atoms with Crippen LogP contribution in [0.1, 0.15) is 52.4 Å². The highest BCUT2D eigenvalue weighted by Gasteiger charge is 2.61. The molecular weight excluding hydrogens is 399 g/mol. The number of hydrogen-bond donors (Lipinski definition) is 2. The molecule has 0 aromatic heterocycles. The summed E-state index contributed by atoms with van der Waals surface area (Å²) in [5.74, 6) is -1.77. The van der Waals surface area contributed by atoms with Gasteiger partial charge in [0.15, 0.2) is 5.60 Å². The van der Waals surface area contributed by atoms with Crippen LogP contribution in [-0.4, -0.2) is 41.9 Å². The number of ether oxygens (including phenoxy) is 1. The van der Waals surface area contributed by atoms with Gasteiger partial charge in [0, 0.05) is 0 Å². The van der Waals surface area contributed by atoms with Crippen molar-refractivity contribution < 1.29 is 32.6 Å². The van der Waals surface area contributed by atoms with Crippen molar-refractivity contribution >= 4 is 12.4 Å². The summed E-state index contributed by atoms with van der Waals surface area (Å²) in [6.45, 7) is 7.78. The van der Waals surface area contributed by atoms with Gasteiger partial charge in [-0.1, -0.05) is 32.1 Å². The van der Waals surface area contributed by atoms with Crippen LogP contribution in [0.2, 0.25) is 0 Å². The van der Waals surface area contributed by atoms with E-state index in [0.29, 0.717) is 37.7 Å². The Kier molecular flexibility index (Phi) is 6.11. The smallest absolute Gasteiger partial charge is 0.417 e. The molecule has 1 amide bonds. The normalized spacial score (nSPS) is 41.2. The van der Waals surface area contributed by atoms with E-state index >= 15 is 0 Å². The fourth-order valence-electron chi connectivity index (χ4n) is 5.69. The number of rotatable bonds is 4. The maximum absolute atomic E-state index is 13.8. The van der Waals surface area contributed by atoms with E-state index in [1.54, 1.807) is 6.08 Å². The van der Waals surface area contributed by atoms with Crippen LogP contribution in [0.15, 0.2) is 23.8 Å². The minimum absolute atomic E-state index is 0.0739. The Hall–Kier alpha value is -1.83. The Morgan fingerprint density at radius 1 is 1.37 bits per heavy atom. The molecule has 8 heteroatoms. The topological polar surface area (TPSA) is 75.6 Å². The van der Waals surface area contributed by atoms with Crippen LogP contribution < -0.4 is 5.32 Å². The number of carbonyl (C=O) groups excluding carboxylic acids is 2. The van der Waals surface area contributed by atoms with Crippen LogP contribution in [0, 0.1) is 23.2 Å². The molecule has 1 unspecified atom stereocenters. The Bertz CT molecular complexity index is 749. The zero-order valence-corrected chi connectivity index (χ0v) is 17.4. The van der Waals surface area contributed by atoms with Gasteiger partial charge in [-0.25, -0.2) is 4.79 Å². The van der Waals surface area contributed by atoms with Gasteiger partial charge in [0.05, 0.1) is 11.6 Å². The molecule has 5 nitrogen and oxygen atoms in total. The largest absolute Gasteiger partial charge is 0.460 e. The fourth-order valence-corrected chi connectivity index (χ4v) is 5.69. The SMILES string of the molecule is C=C1CC[C@@H]2C[C@@](C)(CC[C@](O)(C(F)(F)F)[C@@H]2C)[C@@H]1C/C=C1/C(=O)OCC1NC=O. The molecule has 6 atom stereocenters. The highest BCUT2D eigenvalue weighted by Crippen LogP contribution is 2.57. The van der Waals surface area contributed by atoms with Crippen molar-refractivity contribution in [2.75, 3.05) is 6.61 Å². The summed E-state index contributed by atoms with van der Waals surface area (Å²) >= 11 is 0. The number of carbonyl (C=O) groups is 2. The van der Waals surface area contributed by atoms with E-state index in [1.807, 2.05) is 6.92 Å². The lowest BCUT2D eigenvalue weighted by atomic mass is 9.67. The lowest BCUT2D eigenvalue weighted by Gasteiger charge is -2.39. The monoisotopic (exact) mass is 429 g/mol. The molecule has 2 aliphatic carbocycles. The molecule has 3 aliphatic rings. The highest BCUT2D eigenvalue weighted by molar-refractivity contribution is 5.92.